The molecule has 0 radical (unpaired) electrons. The summed E-state index contributed by atoms with van der Waals surface area (Å²) in [4.78, 5) is 0. The zero-order valence-electron chi connectivity index (χ0n) is 20.5. The molecule has 4 heteroatoms. The van der Waals surface area contributed by atoms with Crippen molar-refractivity contribution in [3.8, 4) is 22.3 Å². The van der Waals surface area contributed by atoms with Gasteiger partial charge in [-0.15, -0.1) is 0 Å². The summed E-state index contributed by atoms with van der Waals surface area (Å²) in [7, 11) is 11.3. The first-order valence-electron chi connectivity index (χ1n) is 11.9. The van der Waals surface area contributed by atoms with Gasteiger partial charge in [0.2, 0.25) is 0 Å². The Balaban J connectivity index is 0.000000139. The number of hydrogen-bond acceptors (Lipinski definition) is 0. The van der Waals surface area contributed by atoms with Gasteiger partial charge in [-0.1, -0.05) is 96.1 Å². The fourth-order valence-corrected chi connectivity index (χ4v) is 4.06. The summed E-state index contributed by atoms with van der Waals surface area (Å²) in [6, 6.07) is 46.8. The second-order valence-corrected chi connectivity index (χ2v) is 40.4. The Morgan fingerprint density at radius 2 is 0.944 bits per heavy atom. The smallest absolute Gasteiger partial charge is 0.0189 e. The molecule has 0 aliphatic carbocycles. The van der Waals surface area contributed by atoms with Gasteiger partial charge in [-0.05, 0) is 21.5 Å². The van der Waals surface area contributed by atoms with Crippen LogP contribution in [0.3, 0.4) is 0 Å². The molecule has 0 bridgehead atoms. The quantitative estimate of drug-likeness (QED) is 0.125. The van der Waals surface area contributed by atoms with Crippen molar-refractivity contribution in [2.75, 3.05) is 0 Å². The van der Waals surface area contributed by atoms with Crippen LogP contribution in [0.2, 0.25) is 13.1 Å². The standard InChI is InChI=1S/2C15H11.C2H6Si.2ClH.Hf/c2*1-2-7-12(6-1)15-11-5-9-13-8-3-4-10-14(13)15;1-3-2;;;/h2*1-11H;1-2H3;2*1H;/q2*-1;;;;+2/p-2. The molecule has 0 amide bonds. The van der Waals surface area contributed by atoms with Crippen LogP contribution in [0.5, 0.6) is 0 Å². The third kappa shape index (κ3) is 6.95. The first-order valence-corrected chi connectivity index (χ1v) is 28.7. The minimum atomic E-state index is -1.78. The second kappa shape index (κ2) is 13.4. The van der Waals surface area contributed by atoms with E-state index in [2.05, 4.69) is 147 Å². The van der Waals surface area contributed by atoms with Gasteiger partial charge in [-0.25, -0.2) is 12.1 Å². The van der Waals surface area contributed by atoms with E-state index in [0.717, 1.165) is 0 Å². The van der Waals surface area contributed by atoms with Crippen LogP contribution in [-0.2, 0) is 17.7 Å². The zero-order chi connectivity index (χ0) is 25.3. The Bertz CT molecular complexity index is 1430. The van der Waals surface area contributed by atoms with E-state index in [1.54, 1.807) is 0 Å². The molecule has 0 N–H and O–H groups in total. The van der Waals surface area contributed by atoms with Crippen LogP contribution in [0.15, 0.2) is 133 Å². The molecule has 0 aliphatic heterocycles. The van der Waals surface area contributed by atoms with Gasteiger partial charge in [0.05, 0.1) is 0 Å². The van der Waals surface area contributed by atoms with Crippen molar-refractivity contribution in [1.82, 2.24) is 0 Å². The van der Waals surface area contributed by atoms with Gasteiger partial charge >= 0.3 is 53.4 Å². The van der Waals surface area contributed by atoms with E-state index in [-0.39, 0.29) is 5.49 Å². The molecular weight excluding hydrogens is 662 g/mol. The molecular formula is C32H28Cl2HfSi-2. The normalized spacial score (nSPS) is 10.2. The summed E-state index contributed by atoms with van der Waals surface area (Å²) in [6.45, 7) is 4.35. The van der Waals surface area contributed by atoms with E-state index in [4.69, 9.17) is 17.2 Å². The molecule has 180 valence electrons. The molecule has 0 heterocycles. The van der Waals surface area contributed by atoms with Crippen molar-refractivity contribution in [3.63, 3.8) is 0 Å². The third-order valence-corrected chi connectivity index (χ3v) is 33.4. The van der Waals surface area contributed by atoms with Crippen LogP contribution in [0, 0.1) is 0 Å². The minimum absolute atomic E-state index is 0.208. The second-order valence-electron chi connectivity index (χ2n) is 8.66. The van der Waals surface area contributed by atoms with E-state index in [0.29, 0.717) is 0 Å². The molecule has 0 aromatic heterocycles. The number of hydrogen-bond donors (Lipinski definition) is 0. The summed E-state index contributed by atoms with van der Waals surface area (Å²) in [5.74, 6) is 0. The SMILES string of the molecule is C[Si](C)=[Hf]([Cl])[Cl].c1ccc2c(-c3cc[cH-]c3)cccc2c1.c1ccc2c(-c3cc[cH-]c3)cccc2c1. The molecule has 0 nitrogen and oxygen atoms in total. The average Bonchev–Trinajstić information content (AvgIpc) is 3.64. The summed E-state index contributed by atoms with van der Waals surface area (Å²) in [6.07, 6.45) is 0. The fraction of sp³-hybridized carbons (Fsp3) is 0.0625. The molecule has 0 saturated carbocycles. The van der Waals surface area contributed by atoms with E-state index in [1.165, 1.54) is 43.8 Å². The van der Waals surface area contributed by atoms with Gasteiger partial charge < -0.3 is 0 Å². The van der Waals surface area contributed by atoms with Gasteiger partial charge in [0, 0.05) is 0 Å². The van der Waals surface area contributed by atoms with Gasteiger partial charge in [0.25, 0.3) is 0 Å². The maximum Gasteiger partial charge on any atom is -0.0189 e. The van der Waals surface area contributed by atoms with Crippen LogP contribution in [-0.4, -0.2) is 5.49 Å². The van der Waals surface area contributed by atoms with Gasteiger partial charge in [-0.2, -0.15) is 47.5 Å². The number of rotatable bonds is 2. The average molecular weight is 690 g/mol. The van der Waals surface area contributed by atoms with Crippen molar-refractivity contribution in [1.29, 1.82) is 0 Å². The molecule has 0 fully saturated rings. The molecule has 36 heavy (non-hydrogen) atoms. The third-order valence-electron chi connectivity index (χ3n) is 5.90. The molecule has 0 atom stereocenters. The van der Waals surface area contributed by atoms with Crippen molar-refractivity contribution >= 4 is 44.2 Å². The van der Waals surface area contributed by atoms with Crippen LogP contribution in [0.25, 0.3) is 43.8 Å². The molecule has 0 spiro atoms. The Morgan fingerprint density at radius 1 is 0.556 bits per heavy atom. The van der Waals surface area contributed by atoms with E-state index in [9.17, 15) is 0 Å². The van der Waals surface area contributed by atoms with Gasteiger partial charge in [0.1, 0.15) is 0 Å². The van der Waals surface area contributed by atoms with Crippen LogP contribution < -0.4 is 0 Å². The van der Waals surface area contributed by atoms with Crippen molar-refractivity contribution in [2.24, 2.45) is 0 Å². The molecule has 0 unspecified atom stereocenters. The maximum absolute atomic E-state index is 5.64. The Labute approximate surface area is 229 Å². The molecule has 6 aromatic carbocycles. The molecule has 6 rings (SSSR count). The molecule has 0 saturated heterocycles. The fourth-order valence-electron chi connectivity index (χ4n) is 4.06. The van der Waals surface area contributed by atoms with E-state index < -0.39 is 17.7 Å². The number of benzene rings is 4. The summed E-state index contributed by atoms with van der Waals surface area (Å²) in [5, 5.41) is 5.25. The summed E-state index contributed by atoms with van der Waals surface area (Å²) < 4.78 is 0. The van der Waals surface area contributed by atoms with Crippen LogP contribution in [0.4, 0.5) is 0 Å². The predicted octanol–water partition coefficient (Wildman–Crippen LogP) is 10.6. The van der Waals surface area contributed by atoms with Gasteiger partial charge in [0.15, 0.2) is 0 Å². The first-order chi connectivity index (χ1) is 17.5. The van der Waals surface area contributed by atoms with Crippen LogP contribution >= 0.6 is 17.2 Å². The van der Waals surface area contributed by atoms with E-state index in [1.807, 2.05) is 0 Å². The predicted molar refractivity (Wildman–Crippen MR) is 159 cm³/mol. The van der Waals surface area contributed by atoms with Gasteiger partial charge in [-0.3, -0.25) is 0 Å². The van der Waals surface area contributed by atoms with Crippen molar-refractivity contribution < 1.29 is 17.7 Å². The molecule has 0 aliphatic rings. The van der Waals surface area contributed by atoms with Crippen molar-refractivity contribution in [3.05, 3.63) is 133 Å². The number of halogens is 2. The first kappa shape index (κ1) is 26.8. The molecule has 6 aromatic rings. The van der Waals surface area contributed by atoms with Crippen molar-refractivity contribution in [2.45, 2.75) is 13.1 Å². The topological polar surface area (TPSA) is 0 Å². The number of fused-ring (bicyclic) bond motifs is 2. The largest absolute Gasteiger partial charge is 0.206 e. The zero-order valence-corrected chi connectivity index (χ0v) is 26.6. The Hall–Kier alpha value is -2.23. The minimum Gasteiger partial charge on any atom is -0.206 e. The summed E-state index contributed by atoms with van der Waals surface area (Å²) in [5.41, 5.74) is 5.02. The van der Waals surface area contributed by atoms with Crippen LogP contribution in [0.1, 0.15) is 0 Å². The summed E-state index contributed by atoms with van der Waals surface area (Å²) >= 11 is -1.78. The maximum atomic E-state index is 5.64. The Morgan fingerprint density at radius 3 is 1.31 bits per heavy atom. The van der Waals surface area contributed by atoms with E-state index >= 15 is 0 Å². The monoisotopic (exact) mass is 690 g/mol. The Kier molecular flexibility index (Phi) is 9.95.